The van der Waals surface area contributed by atoms with Crippen LogP contribution >= 0.6 is 7.82 Å². The van der Waals surface area contributed by atoms with Crippen LogP contribution in [0.25, 0.3) is 0 Å². The lowest BCUT2D eigenvalue weighted by Gasteiger charge is -2.27. The molecule has 79 heavy (non-hydrogen) atoms. The van der Waals surface area contributed by atoms with Crippen LogP contribution in [0, 0.1) is 0 Å². The fraction of sp³-hybridized carbons (Fsp3) is 0.768. The molecule has 1 amide bonds. The zero-order chi connectivity index (χ0) is 57.9. The maximum atomic E-state index is 13.5. The van der Waals surface area contributed by atoms with E-state index in [1.165, 1.54) is 180 Å². The number of phosphoric acid groups is 1. The Hall–Kier alpha value is -2.81. The standard InChI is InChI=1S/C69H125N2O7P/c1-7-10-13-16-19-22-25-28-29-30-31-32-33-34-35-36-37-38-39-40-41-44-47-50-53-56-59-62-69(73)78-67(60-57-54-51-48-45-42-26-23-20-17-14-11-8-2)66(65-77-79(74,75)76-64-63-71(4,5)6)70-68(72)61-58-55-52-49-46-43-27-24-21-18-15-12-9-3/h19,22,28-29,31-32,34-35,43,46,52,55,57,60,66-67H,7-18,20-21,23-27,30,33,36-42,44-45,47-51,53-54,56,58-59,61-65H2,1-6H3,(H-,70,72,74,75)/p+1/b22-19-,29-28-,32-31-,35-34-,46-43-,55-52+,60-57-. The van der Waals surface area contributed by atoms with Gasteiger partial charge in [-0.2, -0.15) is 0 Å². The molecule has 3 unspecified atom stereocenters. The number of carbonyl (C=O) groups is 2. The molecule has 2 N–H and O–H groups in total. The summed E-state index contributed by atoms with van der Waals surface area (Å²) in [5, 5.41) is 3.01. The molecular formula is C69H126N2O7P+. The average molecular weight is 1130 g/mol. The number of nitrogens with zero attached hydrogens (tertiary/aromatic N) is 1. The first-order valence-electron chi connectivity index (χ1n) is 32.9. The van der Waals surface area contributed by atoms with E-state index in [0.29, 0.717) is 17.4 Å². The van der Waals surface area contributed by atoms with Crippen LogP contribution in [0.1, 0.15) is 290 Å². The van der Waals surface area contributed by atoms with Crippen LogP contribution in [0.2, 0.25) is 0 Å². The highest BCUT2D eigenvalue weighted by molar-refractivity contribution is 7.47. The van der Waals surface area contributed by atoms with Crippen molar-refractivity contribution in [2.75, 3.05) is 40.9 Å². The first-order valence-corrected chi connectivity index (χ1v) is 34.4. The number of esters is 1. The summed E-state index contributed by atoms with van der Waals surface area (Å²) in [7, 11) is 1.46. The van der Waals surface area contributed by atoms with Crippen molar-refractivity contribution < 1.29 is 37.3 Å². The largest absolute Gasteiger partial charge is 0.472 e. The molecule has 0 bridgehead atoms. The van der Waals surface area contributed by atoms with Gasteiger partial charge in [-0.1, -0.05) is 267 Å². The molecule has 0 fully saturated rings. The minimum Gasteiger partial charge on any atom is -0.456 e. The lowest BCUT2D eigenvalue weighted by molar-refractivity contribution is -0.870. The third-order valence-corrected chi connectivity index (χ3v) is 15.3. The van der Waals surface area contributed by atoms with Crippen molar-refractivity contribution in [3.05, 3.63) is 85.1 Å². The highest BCUT2D eigenvalue weighted by Gasteiger charge is 2.30. The lowest BCUT2D eigenvalue weighted by Crippen LogP contribution is -2.47. The minimum atomic E-state index is -4.47. The van der Waals surface area contributed by atoms with E-state index in [2.05, 4.69) is 92.9 Å². The molecule has 0 aliphatic heterocycles. The molecular weight excluding hydrogens is 1000 g/mol. The Morgan fingerprint density at radius 2 is 0.785 bits per heavy atom. The molecule has 0 radical (unpaired) electrons. The highest BCUT2D eigenvalue weighted by Crippen LogP contribution is 2.43. The zero-order valence-electron chi connectivity index (χ0n) is 52.3. The van der Waals surface area contributed by atoms with Gasteiger partial charge in [0.2, 0.25) is 5.91 Å². The van der Waals surface area contributed by atoms with Gasteiger partial charge < -0.3 is 19.4 Å². The molecule has 0 saturated carbocycles. The van der Waals surface area contributed by atoms with Gasteiger partial charge in [0.1, 0.15) is 19.3 Å². The molecule has 0 heterocycles. The normalized spacial score (nSPS) is 14.2. The summed E-state index contributed by atoms with van der Waals surface area (Å²) in [6, 6.07) is -0.883. The number of hydrogen-bond acceptors (Lipinski definition) is 6. The first kappa shape index (κ1) is 76.2. The summed E-state index contributed by atoms with van der Waals surface area (Å²) in [6.45, 7) is 6.94. The van der Waals surface area contributed by atoms with Crippen LogP contribution in [0.5, 0.6) is 0 Å². The van der Waals surface area contributed by atoms with Crippen molar-refractivity contribution in [3.8, 4) is 0 Å². The maximum absolute atomic E-state index is 13.5. The predicted molar refractivity (Wildman–Crippen MR) is 341 cm³/mol. The fourth-order valence-corrected chi connectivity index (χ4v) is 9.95. The Bertz CT molecular complexity index is 1630. The monoisotopic (exact) mass is 1130 g/mol. The van der Waals surface area contributed by atoms with Crippen LogP contribution < -0.4 is 5.32 Å². The number of likely N-dealkylation sites (N-methyl/N-ethyl adjacent to an activating group) is 1. The number of allylic oxidation sites excluding steroid dienone is 13. The van der Waals surface area contributed by atoms with Crippen molar-refractivity contribution in [2.24, 2.45) is 0 Å². The van der Waals surface area contributed by atoms with Crippen molar-refractivity contribution >= 4 is 19.7 Å². The number of quaternary nitrogens is 1. The highest BCUT2D eigenvalue weighted by atomic mass is 31.2. The molecule has 0 aromatic rings. The topological polar surface area (TPSA) is 111 Å². The summed E-state index contributed by atoms with van der Waals surface area (Å²) in [6.07, 6.45) is 77.5. The SMILES string of the molecule is CCCCC/C=C\C/C=C\C/C=C\C/C=C\CCCCCCCCCCCCCC(=O)OC(/C=C\CCCCCCCCCCCCC)C(COP(=O)(O)OCC[N+](C)(C)C)NC(=O)CC/C=C/C/C=C\CCCCCCCC. The van der Waals surface area contributed by atoms with Gasteiger partial charge in [0.25, 0.3) is 0 Å². The van der Waals surface area contributed by atoms with E-state index in [4.69, 9.17) is 13.8 Å². The molecule has 3 atom stereocenters. The summed E-state index contributed by atoms with van der Waals surface area (Å²) < 4.78 is 30.7. The molecule has 0 aromatic carbocycles. The molecule has 0 rings (SSSR count). The first-order chi connectivity index (χ1) is 38.4. The summed E-state index contributed by atoms with van der Waals surface area (Å²) in [5.74, 6) is -0.584. The molecule has 10 heteroatoms. The molecule has 0 aliphatic rings. The fourth-order valence-electron chi connectivity index (χ4n) is 9.21. The quantitative estimate of drug-likeness (QED) is 0.0205. The average Bonchev–Trinajstić information content (AvgIpc) is 3.41. The van der Waals surface area contributed by atoms with Crippen LogP contribution in [0.3, 0.4) is 0 Å². The molecule has 0 aromatic heterocycles. The van der Waals surface area contributed by atoms with Crippen molar-refractivity contribution in [2.45, 2.75) is 303 Å². The third-order valence-electron chi connectivity index (χ3n) is 14.3. The Labute approximate surface area is 488 Å². The van der Waals surface area contributed by atoms with Gasteiger partial charge in [0.05, 0.1) is 33.8 Å². The second-order valence-electron chi connectivity index (χ2n) is 23.3. The molecule has 0 saturated heterocycles. The number of nitrogens with one attached hydrogen (secondary N) is 1. The van der Waals surface area contributed by atoms with Crippen molar-refractivity contribution in [1.82, 2.24) is 5.32 Å². The van der Waals surface area contributed by atoms with E-state index in [1.807, 2.05) is 39.4 Å². The predicted octanol–water partition coefficient (Wildman–Crippen LogP) is 20.6. The van der Waals surface area contributed by atoms with Crippen molar-refractivity contribution in [3.63, 3.8) is 0 Å². The summed E-state index contributed by atoms with van der Waals surface area (Å²) in [4.78, 5) is 37.7. The Morgan fingerprint density at radius 1 is 0.443 bits per heavy atom. The molecule has 0 spiro atoms. The van der Waals surface area contributed by atoms with Gasteiger partial charge >= 0.3 is 13.8 Å². The Kier molecular flexibility index (Phi) is 56.3. The summed E-state index contributed by atoms with van der Waals surface area (Å²) >= 11 is 0. The number of unbranched alkanes of at least 4 members (excludes halogenated alkanes) is 31. The van der Waals surface area contributed by atoms with Gasteiger partial charge in [-0.25, -0.2) is 4.57 Å². The van der Waals surface area contributed by atoms with Gasteiger partial charge in [0, 0.05) is 12.8 Å². The van der Waals surface area contributed by atoms with E-state index in [-0.39, 0.29) is 37.9 Å². The number of amides is 1. The van der Waals surface area contributed by atoms with Gasteiger partial charge in [0.15, 0.2) is 0 Å². The molecule has 9 nitrogen and oxygen atoms in total. The minimum absolute atomic E-state index is 0.0282. The second-order valence-corrected chi connectivity index (χ2v) is 24.7. The summed E-state index contributed by atoms with van der Waals surface area (Å²) in [5.41, 5.74) is 0. The number of ether oxygens (including phenoxy) is 1. The van der Waals surface area contributed by atoms with Gasteiger partial charge in [-0.15, -0.1) is 0 Å². The van der Waals surface area contributed by atoms with E-state index in [0.717, 1.165) is 70.6 Å². The number of rotatable bonds is 59. The number of carbonyl (C=O) groups excluding carboxylic acids is 2. The van der Waals surface area contributed by atoms with Gasteiger partial charge in [-0.3, -0.25) is 18.6 Å². The number of hydrogen-bond donors (Lipinski definition) is 2. The third kappa shape index (κ3) is 59.6. The van der Waals surface area contributed by atoms with Gasteiger partial charge in [-0.05, 0) is 96.0 Å². The van der Waals surface area contributed by atoms with Crippen LogP contribution in [-0.4, -0.2) is 74.3 Å². The van der Waals surface area contributed by atoms with E-state index >= 15 is 0 Å². The van der Waals surface area contributed by atoms with Crippen LogP contribution in [-0.2, 0) is 27.9 Å². The lowest BCUT2D eigenvalue weighted by atomic mass is 10.0. The van der Waals surface area contributed by atoms with E-state index < -0.39 is 20.0 Å². The van der Waals surface area contributed by atoms with E-state index in [9.17, 15) is 19.0 Å². The zero-order valence-corrected chi connectivity index (χ0v) is 53.2. The Balaban J connectivity index is 5.13. The van der Waals surface area contributed by atoms with Crippen molar-refractivity contribution in [1.29, 1.82) is 0 Å². The second kappa shape index (κ2) is 58.4. The number of phosphoric ester groups is 1. The maximum Gasteiger partial charge on any atom is 0.472 e. The molecule has 0 aliphatic carbocycles. The molecule has 458 valence electrons. The Morgan fingerprint density at radius 3 is 1.20 bits per heavy atom. The van der Waals surface area contributed by atoms with E-state index in [1.54, 1.807) is 0 Å². The smallest absolute Gasteiger partial charge is 0.456 e. The van der Waals surface area contributed by atoms with Crippen LogP contribution in [0.15, 0.2) is 85.1 Å². The van der Waals surface area contributed by atoms with Crippen LogP contribution in [0.4, 0.5) is 0 Å².